The number of rotatable bonds is 4. The van der Waals surface area contributed by atoms with Crippen LogP contribution in [-0.4, -0.2) is 9.78 Å². The van der Waals surface area contributed by atoms with Gasteiger partial charge in [-0.1, -0.05) is 130 Å². The first kappa shape index (κ1) is 38.8. The average Bonchev–Trinajstić information content (AvgIpc) is 3.64. The number of hydrogen-bond acceptors (Lipinski definition) is 2. The minimum absolute atomic E-state index is 0.422. The second-order valence-corrected chi connectivity index (χ2v) is 14.5. The van der Waals surface area contributed by atoms with Crippen molar-refractivity contribution in [3.8, 4) is 0 Å². The van der Waals surface area contributed by atoms with Crippen molar-refractivity contribution in [2.24, 2.45) is 0 Å². The lowest BCUT2D eigenvalue weighted by molar-refractivity contribution is 0.522. The lowest BCUT2D eigenvalue weighted by Gasteiger charge is -2.06. The van der Waals surface area contributed by atoms with Crippen molar-refractivity contribution < 1.29 is 4.42 Å². The molecule has 0 aliphatic heterocycles. The zero-order valence-corrected chi connectivity index (χ0v) is 31.9. The number of hydrogen-bond donors (Lipinski definition) is 0. The molecule has 0 aliphatic carbocycles. The number of halogens is 5. The van der Waals surface area contributed by atoms with E-state index < -0.39 is 0 Å². The monoisotopic (exact) mass is 730 g/mol. The SMILES string of the molecule is CC(C)c1cc2cc(Cl)ccc2o1.CC(C)c1ccc(Cl)c(Cl)c1.CC(C)c1ccc(Cl)cc1Cl.CC(C)n1cc2ccccc2n1. The Hall–Kier alpha value is -2.66. The molecule has 3 nitrogen and oxygen atoms in total. The summed E-state index contributed by atoms with van der Waals surface area (Å²) >= 11 is 29.1. The Bertz CT molecular complexity index is 1840. The van der Waals surface area contributed by atoms with Gasteiger partial charge in [-0.05, 0) is 91.4 Å². The van der Waals surface area contributed by atoms with Crippen molar-refractivity contribution >= 4 is 79.9 Å². The molecule has 47 heavy (non-hydrogen) atoms. The molecular formula is C39H43Cl5N2O. The topological polar surface area (TPSA) is 31.0 Å². The highest BCUT2D eigenvalue weighted by atomic mass is 35.5. The maximum atomic E-state index is 5.94. The molecule has 0 fully saturated rings. The van der Waals surface area contributed by atoms with Crippen molar-refractivity contribution in [1.82, 2.24) is 9.78 Å². The smallest absolute Gasteiger partial charge is 0.134 e. The van der Waals surface area contributed by atoms with Gasteiger partial charge in [0.1, 0.15) is 11.3 Å². The molecule has 0 N–H and O–H groups in total. The van der Waals surface area contributed by atoms with Gasteiger partial charge in [-0.2, -0.15) is 5.10 Å². The molecule has 0 radical (unpaired) electrons. The van der Waals surface area contributed by atoms with Crippen LogP contribution in [0, 0.1) is 0 Å². The molecule has 0 saturated heterocycles. The van der Waals surface area contributed by atoms with E-state index in [1.807, 2.05) is 77.5 Å². The summed E-state index contributed by atoms with van der Waals surface area (Å²) in [6.45, 7) is 16.9. The third-order valence-corrected chi connectivity index (χ3v) is 8.76. The zero-order valence-electron chi connectivity index (χ0n) is 28.2. The molecule has 0 saturated carbocycles. The normalized spacial score (nSPS) is 11.0. The standard InChI is InChI=1S/C11H11ClO.C10H12N2.2C9H10Cl2/c1-7(2)11-6-8-5-9(12)3-4-10(8)13-11;1-8(2)12-7-9-5-3-4-6-10(9)11-12;1-6(2)8-4-3-7(10)5-9(8)11;1-6(2)7-3-4-8(10)9(11)5-7/h3-7H,1-2H3;3-8H,1-2H3;2*3-6H,1-2H3. The molecule has 0 spiro atoms. The van der Waals surface area contributed by atoms with E-state index in [1.165, 1.54) is 10.9 Å². The van der Waals surface area contributed by atoms with E-state index in [4.69, 9.17) is 62.4 Å². The molecule has 0 atom stereocenters. The summed E-state index contributed by atoms with van der Waals surface area (Å²) in [5.41, 5.74) is 4.36. The van der Waals surface area contributed by atoms with Gasteiger partial charge in [0.05, 0.1) is 15.6 Å². The van der Waals surface area contributed by atoms with E-state index in [2.05, 4.69) is 72.8 Å². The number of fused-ring (bicyclic) bond motifs is 2. The van der Waals surface area contributed by atoms with Crippen LogP contribution in [0.2, 0.25) is 25.1 Å². The maximum Gasteiger partial charge on any atom is 0.134 e. The van der Waals surface area contributed by atoms with E-state index >= 15 is 0 Å². The quantitative estimate of drug-likeness (QED) is 0.181. The van der Waals surface area contributed by atoms with Crippen molar-refractivity contribution in [3.05, 3.63) is 133 Å². The van der Waals surface area contributed by atoms with Gasteiger partial charge in [0.2, 0.25) is 0 Å². The molecule has 2 aromatic heterocycles. The van der Waals surface area contributed by atoms with E-state index in [0.717, 1.165) is 37.9 Å². The Morgan fingerprint density at radius 1 is 0.574 bits per heavy atom. The summed E-state index contributed by atoms with van der Waals surface area (Å²) in [5.74, 6) is 2.40. The highest BCUT2D eigenvalue weighted by Gasteiger charge is 2.07. The molecule has 6 rings (SSSR count). The van der Waals surface area contributed by atoms with Crippen LogP contribution in [0.25, 0.3) is 21.9 Å². The van der Waals surface area contributed by atoms with Crippen LogP contribution in [0.3, 0.4) is 0 Å². The molecule has 0 bridgehead atoms. The Morgan fingerprint density at radius 3 is 1.81 bits per heavy atom. The van der Waals surface area contributed by atoms with Crippen molar-refractivity contribution in [2.45, 2.75) is 79.2 Å². The molecule has 250 valence electrons. The first-order valence-corrected chi connectivity index (χ1v) is 17.6. The van der Waals surface area contributed by atoms with Crippen LogP contribution >= 0.6 is 58.0 Å². The van der Waals surface area contributed by atoms with Crippen LogP contribution < -0.4 is 0 Å². The fourth-order valence-electron chi connectivity index (χ4n) is 4.41. The Morgan fingerprint density at radius 2 is 1.23 bits per heavy atom. The molecule has 4 aromatic carbocycles. The van der Waals surface area contributed by atoms with Gasteiger partial charge in [-0.3, -0.25) is 4.68 Å². The van der Waals surface area contributed by atoms with Gasteiger partial charge in [-0.15, -0.1) is 0 Å². The predicted molar refractivity (Wildman–Crippen MR) is 207 cm³/mol. The second kappa shape index (κ2) is 18.2. The number of benzene rings is 4. The minimum Gasteiger partial charge on any atom is -0.461 e. The highest BCUT2D eigenvalue weighted by Crippen LogP contribution is 2.28. The van der Waals surface area contributed by atoms with Crippen LogP contribution in [0.1, 0.15) is 96.1 Å². The fraction of sp³-hybridized carbons (Fsp3) is 0.308. The number of nitrogens with zero attached hydrogens (tertiary/aromatic N) is 2. The molecule has 2 heterocycles. The van der Waals surface area contributed by atoms with E-state index in [-0.39, 0.29) is 0 Å². The molecule has 0 unspecified atom stereocenters. The third kappa shape index (κ3) is 11.8. The lowest BCUT2D eigenvalue weighted by atomic mass is 10.0. The summed E-state index contributed by atoms with van der Waals surface area (Å²) in [7, 11) is 0. The van der Waals surface area contributed by atoms with E-state index in [0.29, 0.717) is 38.9 Å². The lowest BCUT2D eigenvalue weighted by Crippen LogP contribution is -1.99. The summed E-state index contributed by atoms with van der Waals surface area (Å²) in [4.78, 5) is 0. The first-order valence-electron chi connectivity index (χ1n) is 15.7. The van der Waals surface area contributed by atoms with Crippen molar-refractivity contribution in [2.75, 3.05) is 0 Å². The van der Waals surface area contributed by atoms with Crippen molar-refractivity contribution in [1.29, 1.82) is 0 Å². The Labute approximate surface area is 304 Å². The number of aromatic nitrogens is 2. The summed E-state index contributed by atoms with van der Waals surface area (Å²) in [5, 5.41) is 10.2. The zero-order chi connectivity index (χ0) is 34.8. The van der Waals surface area contributed by atoms with Gasteiger partial charge in [-0.25, -0.2) is 0 Å². The predicted octanol–water partition coefficient (Wildman–Crippen LogP) is 15.1. The molecule has 8 heteroatoms. The number of furan rings is 1. The van der Waals surface area contributed by atoms with Gasteiger partial charge >= 0.3 is 0 Å². The second-order valence-electron chi connectivity index (χ2n) is 12.4. The summed E-state index contributed by atoms with van der Waals surface area (Å²) < 4.78 is 7.62. The van der Waals surface area contributed by atoms with Crippen molar-refractivity contribution in [3.63, 3.8) is 0 Å². The van der Waals surface area contributed by atoms with Crippen LogP contribution in [0.4, 0.5) is 0 Å². The van der Waals surface area contributed by atoms with Crippen LogP contribution in [-0.2, 0) is 0 Å². The highest BCUT2D eigenvalue weighted by molar-refractivity contribution is 6.42. The fourth-order valence-corrected chi connectivity index (χ4v) is 5.52. The average molecular weight is 733 g/mol. The molecule has 6 aromatic rings. The van der Waals surface area contributed by atoms with E-state index in [1.54, 1.807) is 6.07 Å². The summed E-state index contributed by atoms with van der Waals surface area (Å²) in [6.07, 6.45) is 2.08. The van der Waals surface area contributed by atoms with Gasteiger partial charge in [0.25, 0.3) is 0 Å². The molecule has 0 amide bonds. The van der Waals surface area contributed by atoms with E-state index in [9.17, 15) is 0 Å². The van der Waals surface area contributed by atoms with Crippen LogP contribution in [0.15, 0.2) is 95.5 Å². The Balaban J connectivity index is 0.000000171. The third-order valence-electron chi connectivity index (χ3n) is 7.22. The van der Waals surface area contributed by atoms with Gasteiger partial charge < -0.3 is 4.42 Å². The minimum atomic E-state index is 0.422. The largest absolute Gasteiger partial charge is 0.461 e. The summed E-state index contributed by atoms with van der Waals surface area (Å²) in [6, 6.07) is 27.7. The molecular weight excluding hydrogens is 690 g/mol. The van der Waals surface area contributed by atoms with Crippen LogP contribution in [0.5, 0.6) is 0 Å². The Kier molecular flexibility index (Phi) is 15.0. The van der Waals surface area contributed by atoms with Gasteiger partial charge in [0.15, 0.2) is 0 Å². The molecule has 0 aliphatic rings. The maximum absolute atomic E-state index is 5.94. The van der Waals surface area contributed by atoms with Gasteiger partial charge in [0, 0.05) is 44.0 Å². The first-order chi connectivity index (χ1) is 22.2.